The molecule has 0 fully saturated rings. The number of amides is 2. The summed E-state index contributed by atoms with van der Waals surface area (Å²) >= 11 is 0. The van der Waals surface area contributed by atoms with E-state index in [9.17, 15) is 18.0 Å². The fourth-order valence-electron chi connectivity index (χ4n) is 3.47. The van der Waals surface area contributed by atoms with E-state index in [-0.39, 0.29) is 23.0 Å². The van der Waals surface area contributed by atoms with Crippen molar-refractivity contribution in [2.45, 2.75) is 11.3 Å². The van der Waals surface area contributed by atoms with E-state index in [2.05, 4.69) is 9.71 Å². The molecule has 3 aromatic rings. The molecule has 0 bridgehead atoms. The Morgan fingerprint density at radius 2 is 1.61 bits per heavy atom. The average molecular weight is 468 g/mol. The largest absolute Gasteiger partial charge is 0.497 e. The predicted octanol–water partition coefficient (Wildman–Crippen LogP) is 2.74. The first-order valence-electron chi connectivity index (χ1n) is 9.98. The van der Waals surface area contributed by atoms with Gasteiger partial charge in [0.05, 0.1) is 30.4 Å². The van der Waals surface area contributed by atoms with Crippen LogP contribution in [0.2, 0.25) is 0 Å². The van der Waals surface area contributed by atoms with E-state index < -0.39 is 15.9 Å². The third-order valence-electron chi connectivity index (χ3n) is 5.19. The van der Waals surface area contributed by atoms with Crippen LogP contribution in [0, 0.1) is 0 Å². The fourth-order valence-corrected chi connectivity index (χ4v) is 4.51. The van der Waals surface area contributed by atoms with Gasteiger partial charge >= 0.3 is 0 Å². The zero-order chi connectivity index (χ0) is 23.6. The molecular weight excluding hydrogens is 446 g/mol. The number of aromatic nitrogens is 1. The summed E-state index contributed by atoms with van der Waals surface area (Å²) in [7, 11) is -0.900. The van der Waals surface area contributed by atoms with Gasteiger partial charge in [0.25, 0.3) is 21.8 Å². The van der Waals surface area contributed by atoms with Crippen LogP contribution in [0.3, 0.4) is 0 Å². The standard InChI is InChI=1S/C23H21N3O6S/c1-31-17-12-16(13-18(14-17)32-2)25-33(29,30)19-7-5-15(6-8-19)9-11-26-22(27)20-4-3-10-24-21(20)23(26)28/h3-8,10,12-14,25H,9,11H2,1-2H3. The summed E-state index contributed by atoms with van der Waals surface area (Å²) in [4.78, 5) is 30.1. The highest BCUT2D eigenvalue weighted by Gasteiger charge is 2.36. The minimum absolute atomic E-state index is 0.0676. The number of pyridine rings is 1. The van der Waals surface area contributed by atoms with Gasteiger partial charge in [0.2, 0.25) is 0 Å². The molecule has 0 saturated carbocycles. The number of anilines is 1. The lowest BCUT2D eigenvalue weighted by Crippen LogP contribution is -2.31. The molecule has 2 heterocycles. The molecule has 4 rings (SSSR count). The molecule has 0 aliphatic carbocycles. The quantitative estimate of drug-likeness (QED) is 0.507. The van der Waals surface area contributed by atoms with Crippen molar-refractivity contribution in [3.63, 3.8) is 0 Å². The summed E-state index contributed by atoms with van der Waals surface area (Å²) in [5.74, 6) is 0.101. The van der Waals surface area contributed by atoms with E-state index in [4.69, 9.17) is 9.47 Å². The second-order valence-corrected chi connectivity index (χ2v) is 8.94. The van der Waals surface area contributed by atoms with E-state index in [1.807, 2.05) is 0 Å². The summed E-state index contributed by atoms with van der Waals surface area (Å²) < 4.78 is 38.4. The van der Waals surface area contributed by atoms with Crippen molar-refractivity contribution >= 4 is 27.5 Å². The molecule has 0 unspecified atom stereocenters. The monoisotopic (exact) mass is 467 g/mol. The number of ether oxygens (including phenoxy) is 2. The third-order valence-corrected chi connectivity index (χ3v) is 6.59. The molecule has 1 aliphatic rings. The van der Waals surface area contributed by atoms with Crippen molar-refractivity contribution in [2.75, 3.05) is 25.5 Å². The van der Waals surface area contributed by atoms with Crippen LogP contribution in [0.5, 0.6) is 11.5 Å². The minimum Gasteiger partial charge on any atom is -0.497 e. The van der Waals surface area contributed by atoms with Crippen LogP contribution in [-0.2, 0) is 16.4 Å². The van der Waals surface area contributed by atoms with Gasteiger partial charge in [0.15, 0.2) is 0 Å². The summed E-state index contributed by atoms with van der Waals surface area (Å²) in [6.07, 6.45) is 1.86. The molecule has 1 aliphatic heterocycles. The Hall–Kier alpha value is -3.92. The lowest BCUT2D eigenvalue weighted by atomic mass is 10.1. The lowest BCUT2D eigenvalue weighted by Gasteiger charge is -2.14. The predicted molar refractivity (Wildman–Crippen MR) is 120 cm³/mol. The van der Waals surface area contributed by atoms with Gasteiger partial charge in [-0.3, -0.25) is 24.2 Å². The number of carbonyl (C=O) groups is 2. The normalized spacial score (nSPS) is 13.1. The molecule has 1 aromatic heterocycles. The third kappa shape index (κ3) is 4.51. The number of nitrogens with one attached hydrogen (secondary N) is 1. The highest BCUT2D eigenvalue weighted by Crippen LogP contribution is 2.28. The van der Waals surface area contributed by atoms with Gasteiger partial charge in [-0.15, -0.1) is 0 Å². The Kier molecular flexibility index (Phi) is 6.01. The molecule has 2 aromatic carbocycles. The van der Waals surface area contributed by atoms with Crippen LogP contribution < -0.4 is 14.2 Å². The summed E-state index contributed by atoms with van der Waals surface area (Å²) in [5.41, 5.74) is 1.53. The number of benzene rings is 2. The zero-order valence-electron chi connectivity index (χ0n) is 17.9. The Labute approximate surface area is 191 Å². The van der Waals surface area contributed by atoms with E-state index in [0.29, 0.717) is 29.2 Å². The van der Waals surface area contributed by atoms with Gasteiger partial charge in [-0.05, 0) is 36.2 Å². The number of imide groups is 1. The highest BCUT2D eigenvalue weighted by atomic mass is 32.2. The Morgan fingerprint density at radius 3 is 2.21 bits per heavy atom. The SMILES string of the molecule is COc1cc(NS(=O)(=O)c2ccc(CCN3C(=O)c4cccnc4C3=O)cc2)cc(OC)c1. The molecule has 9 nitrogen and oxygen atoms in total. The fraction of sp³-hybridized carbons (Fsp3) is 0.174. The summed E-state index contributed by atoms with van der Waals surface area (Å²) in [6.45, 7) is 0.169. The summed E-state index contributed by atoms with van der Waals surface area (Å²) in [5, 5.41) is 0. The van der Waals surface area contributed by atoms with Gasteiger partial charge < -0.3 is 9.47 Å². The number of hydrogen-bond acceptors (Lipinski definition) is 7. The molecule has 33 heavy (non-hydrogen) atoms. The molecule has 0 spiro atoms. The van der Waals surface area contributed by atoms with Crippen molar-refractivity contribution in [2.24, 2.45) is 0 Å². The van der Waals surface area contributed by atoms with Gasteiger partial charge in [0, 0.05) is 30.9 Å². The van der Waals surface area contributed by atoms with E-state index in [0.717, 1.165) is 10.5 Å². The number of sulfonamides is 1. The lowest BCUT2D eigenvalue weighted by molar-refractivity contribution is 0.0654. The Morgan fingerprint density at radius 1 is 0.939 bits per heavy atom. The second kappa shape index (κ2) is 8.91. The van der Waals surface area contributed by atoms with E-state index in [1.54, 1.807) is 42.5 Å². The first-order valence-corrected chi connectivity index (χ1v) is 11.5. The van der Waals surface area contributed by atoms with E-state index in [1.165, 1.54) is 32.5 Å². The van der Waals surface area contributed by atoms with Crippen LogP contribution in [0.4, 0.5) is 5.69 Å². The average Bonchev–Trinajstić information content (AvgIpc) is 3.07. The van der Waals surface area contributed by atoms with Crippen LogP contribution in [0.25, 0.3) is 0 Å². The maximum atomic E-state index is 12.8. The Bertz CT molecular complexity index is 1270. The van der Waals surface area contributed by atoms with Crippen LogP contribution in [0.15, 0.2) is 65.7 Å². The van der Waals surface area contributed by atoms with Crippen molar-refractivity contribution in [3.8, 4) is 11.5 Å². The topological polar surface area (TPSA) is 115 Å². The van der Waals surface area contributed by atoms with Crippen molar-refractivity contribution in [1.29, 1.82) is 0 Å². The molecule has 0 radical (unpaired) electrons. The molecule has 0 saturated heterocycles. The molecule has 2 amide bonds. The molecule has 170 valence electrons. The number of methoxy groups -OCH3 is 2. The van der Waals surface area contributed by atoms with Gasteiger partial charge in [0.1, 0.15) is 17.2 Å². The van der Waals surface area contributed by atoms with Gasteiger partial charge in [-0.25, -0.2) is 8.42 Å². The van der Waals surface area contributed by atoms with Crippen molar-refractivity contribution < 1.29 is 27.5 Å². The Balaban J connectivity index is 1.44. The van der Waals surface area contributed by atoms with Crippen molar-refractivity contribution in [1.82, 2.24) is 9.88 Å². The number of nitrogens with zero attached hydrogens (tertiary/aromatic N) is 2. The number of hydrogen-bond donors (Lipinski definition) is 1. The molecule has 1 N–H and O–H groups in total. The first-order chi connectivity index (χ1) is 15.8. The molecule has 10 heteroatoms. The summed E-state index contributed by atoms with van der Waals surface area (Å²) in [6, 6.07) is 14.2. The van der Waals surface area contributed by atoms with Gasteiger partial charge in [-0.2, -0.15) is 0 Å². The molecular formula is C23H21N3O6S. The molecule has 0 atom stereocenters. The van der Waals surface area contributed by atoms with E-state index >= 15 is 0 Å². The highest BCUT2D eigenvalue weighted by molar-refractivity contribution is 7.92. The first kappa shape index (κ1) is 22.3. The van der Waals surface area contributed by atoms with Gasteiger partial charge in [-0.1, -0.05) is 12.1 Å². The minimum atomic E-state index is -3.85. The van der Waals surface area contributed by atoms with Crippen LogP contribution in [0.1, 0.15) is 26.4 Å². The van der Waals surface area contributed by atoms with Crippen LogP contribution >= 0.6 is 0 Å². The zero-order valence-corrected chi connectivity index (χ0v) is 18.8. The van der Waals surface area contributed by atoms with Crippen LogP contribution in [-0.4, -0.2) is 50.9 Å². The number of rotatable bonds is 8. The number of carbonyl (C=O) groups excluding carboxylic acids is 2. The number of fused-ring (bicyclic) bond motifs is 1. The smallest absolute Gasteiger partial charge is 0.280 e. The maximum absolute atomic E-state index is 12.8. The van der Waals surface area contributed by atoms with Crippen molar-refractivity contribution in [3.05, 3.63) is 77.6 Å². The second-order valence-electron chi connectivity index (χ2n) is 7.26. The maximum Gasteiger partial charge on any atom is 0.280 e.